The van der Waals surface area contributed by atoms with Crippen LogP contribution in [-0.4, -0.2) is 94.9 Å². The molecule has 7 fully saturated rings. The zero-order chi connectivity index (χ0) is 27.6. The molecule has 0 aromatic carbocycles. The number of amides is 4. The summed E-state index contributed by atoms with van der Waals surface area (Å²) in [6.45, 7) is 9.86. The van der Waals surface area contributed by atoms with Crippen LogP contribution in [0.2, 0.25) is 0 Å². The molecule has 0 aromatic rings. The molecule has 7 rings (SSSR count). The van der Waals surface area contributed by atoms with Gasteiger partial charge < -0.3 is 29.9 Å². The number of nitrogens with one attached hydrogen (secondary N) is 1. The van der Waals surface area contributed by atoms with E-state index in [0.29, 0.717) is 32.1 Å². The molecule has 7 aliphatic rings. The minimum Gasteiger partial charge on any atom is -0.444 e. The van der Waals surface area contributed by atoms with Crippen molar-refractivity contribution in [2.45, 2.75) is 103 Å². The zero-order valence-electron chi connectivity index (χ0n) is 24.1. The monoisotopic (exact) mass is 544 g/mol. The maximum Gasteiger partial charge on any atom is 0.410 e. The van der Waals surface area contributed by atoms with Crippen LogP contribution >= 0.6 is 0 Å². The van der Waals surface area contributed by atoms with Gasteiger partial charge in [0.05, 0.1) is 11.5 Å². The third-order valence-electron chi connectivity index (χ3n) is 10.9. The first-order valence-corrected chi connectivity index (χ1v) is 15.5. The van der Waals surface area contributed by atoms with Crippen LogP contribution in [0.15, 0.2) is 0 Å². The van der Waals surface area contributed by atoms with Crippen LogP contribution in [0.1, 0.15) is 85.0 Å². The van der Waals surface area contributed by atoms with E-state index in [0.717, 1.165) is 77.3 Å². The number of likely N-dealkylation sites (tertiary alicyclic amines) is 3. The van der Waals surface area contributed by atoms with E-state index in [4.69, 9.17) is 4.74 Å². The molecule has 4 amide bonds. The van der Waals surface area contributed by atoms with Crippen molar-refractivity contribution in [1.82, 2.24) is 20.0 Å². The van der Waals surface area contributed by atoms with E-state index >= 15 is 0 Å². The lowest BCUT2D eigenvalue weighted by atomic mass is 9.48. The molecule has 4 saturated carbocycles. The molecule has 218 valence electrons. The van der Waals surface area contributed by atoms with Crippen molar-refractivity contribution in [2.75, 3.05) is 39.3 Å². The minimum atomic E-state index is -0.494. The number of hydrogen-bond acceptors (Lipinski definition) is 5. The summed E-state index contributed by atoms with van der Waals surface area (Å²) < 4.78 is 5.58. The smallest absolute Gasteiger partial charge is 0.410 e. The molecule has 3 aliphatic heterocycles. The third kappa shape index (κ3) is 5.24. The fourth-order valence-electron chi connectivity index (χ4n) is 9.08. The van der Waals surface area contributed by atoms with Gasteiger partial charge >= 0.3 is 12.1 Å². The summed E-state index contributed by atoms with van der Waals surface area (Å²) in [4.78, 5) is 45.4. The minimum absolute atomic E-state index is 0.00137. The Morgan fingerprint density at radius 3 is 2.18 bits per heavy atom. The van der Waals surface area contributed by atoms with Gasteiger partial charge in [-0.15, -0.1) is 0 Å². The van der Waals surface area contributed by atoms with Gasteiger partial charge in [0.25, 0.3) is 0 Å². The highest BCUT2D eigenvalue weighted by Gasteiger charge is 2.58. The standard InChI is InChI=1S/C30H48N4O5/c1-28(2,3)39-27(38)34-12-8-29(19-34)6-10-32(11-7-29)26(37)33-9-4-5-23(18-33)31-25(36)30-15-20-13-21(16-30)24(35)22(14-20)17-30/h20-24,35H,4-19H2,1-3H3,(H,31,36)/t20?,21?,22?,23-,24?,30?/m0/s1. The second-order valence-corrected chi connectivity index (χ2v) is 14.9. The first kappa shape index (κ1) is 27.2. The summed E-state index contributed by atoms with van der Waals surface area (Å²) in [7, 11) is 0. The maximum atomic E-state index is 13.6. The van der Waals surface area contributed by atoms with Crippen molar-refractivity contribution < 1.29 is 24.2 Å². The first-order valence-electron chi connectivity index (χ1n) is 15.5. The van der Waals surface area contributed by atoms with Gasteiger partial charge in [-0.2, -0.15) is 0 Å². The maximum absolute atomic E-state index is 13.6. The van der Waals surface area contributed by atoms with E-state index in [1.165, 1.54) is 0 Å². The highest BCUT2D eigenvalue weighted by Crippen LogP contribution is 2.60. The normalized spacial score (nSPS) is 37.3. The van der Waals surface area contributed by atoms with E-state index in [1.54, 1.807) is 0 Å². The molecule has 0 aromatic heterocycles. The van der Waals surface area contributed by atoms with Gasteiger partial charge in [0, 0.05) is 45.3 Å². The number of ether oxygens (including phenoxy) is 1. The summed E-state index contributed by atoms with van der Waals surface area (Å²) in [5.41, 5.74) is -0.721. The van der Waals surface area contributed by atoms with Gasteiger partial charge in [-0.25, -0.2) is 9.59 Å². The molecule has 39 heavy (non-hydrogen) atoms. The summed E-state index contributed by atoms with van der Waals surface area (Å²) in [5.74, 6) is 1.32. The molecular weight excluding hydrogens is 496 g/mol. The Morgan fingerprint density at radius 2 is 1.54 bits per heavy atom. The molecule has 9 nitrogen and oxygen atoms in total. The highest BCUT2D eigenvalue weighted by atomic mass is 16.6. The topological polar surface area (TPSA) is 102 Å². The summed E-state index contributed by atoms with van der Waals surface area (Å²) in [6.07, 6.45) is 8.90. The number of carbonyl (C=O) groups is 3. The van der Waals surface area contributed by atoms with Crippen LogP contribution in [-0.2, 0) is 9.53 Å². The number of aliphatic hydroxyl groups is 1. The summed E-state index contributed by atoms with van der Waals surface area (Å²) in [5, 5.41) is 14.0. The van der Waals surface area contributed by atoms with Gasteiger partial charge in [0.1, 0.15) is 5.60 Å². The molecule has 2 unspecified atom stereocenters. The number of hydrogen-bond donors (Lipinski definition) is 2. The molecule has 4 aliphatic carbocycles. The van der Waals surface area contributed by atoms with Crippen LogP contribution in [0.25, 0.3) is 0 Å². The molecular formula is C30H48N4O5. The molecule has 9 heteroatoms. The van der Waals surface area contributed by atoms with E-state index in [1.807, 2.05) is 35.5 Å². The number of piperidine rings is 2. The number of carbonyl (C=O) groups excluding carboxylic acids is 3. The molecule has 1 spiro atoms. The van der Waals surface area contributed by atoms with Crippen molar-refractivity contribution in [3.63, 3.8) is 0 Å². The largest absolute Gasteiger partial charge is 0.444 e. The van der Waals surface area contributed by atoms with Gasteiger partial charge in [0.2, 0.25) is 5.91 Å². The zero-order valence-corrected chi connectivity index (χ0v) is 24.1. The number of nitrogens with zero attached hydrogens (tertiary/aromatic N) is 3. The molecule has 2 N–H and O–H groups in total. The van der Waals surface area contributed by atoms with Crippen molar-refractivity contribution in [2.24, 2.45) is 28.6 Å². The average molecular weight is 545 g/mol. The molecule has 4 bridgehead atoms. The van der Waals surface area contributed by atoms with Gasteiger partial charge in [0.15, 0.2) is 0 Å². The van der Waals surface area contributed by atoms with Gasteiger partial charge in [-0.05, 0) is 108 Å². The Labute approximate surface area is 233 Å². The predicted molar refractivity (Wildman–Crippen MR) is 146 cm³/mol. The van der Waals surface area contributed by atoms with E-state index in [9.17, 15) is 19.5 Å². The molecule has 3 heterocycles. The number of urea groups is 1. The van der Waals surface area contributed by atoms with E-state index < -0.39 is 5.60 Å². The van der Waals surface area contributed by atoms with Gasteiger partial charge in [-0.1, -0.05) is 0 Å². The summed E-state index contributed by atoms with van der Waals surface area (Å²) >= 11 is 0. The van der Waals surface area contributed by atoms with Gasteiger partial charge in [-0.3, -0.25) is 4.79 Å². The summed E-state index contributed by atoms with van der Waals surface area (Å²) in [6, 6.07) is 0.0881. The van der Waals surface area contributed by atoms with Crippen molar-refractivity contribution >= 4 is 18.0 Å². The Hall–Kier alpha value is -2.03. The van der Waals surface area contributed by atoms with Crippen LogP contribution in [0.5, 0.6) is 0 Å². The first-order chi connectivity index (χ1) is 18.4. The quantitative estimate of drug-likeness (QED) is 0.553. The Morgan fingerprint density at radius 1 is 0.897 bits per heavy atom. The van der Waals surface area contributed by atoms with Crippen LogP contribution in [0.4, 0.5) is 9.59 Å². The third-order valence-corrected chi connectivity index (χ3v) is 10.9. The molecule has 3 atom stereocenters. The Bertz CT molecular complexity index is 970. The second-order valence-electron chi connectivity index (χ2n) is 14.9. The van der Waals surface area contributed by atoms with Crippen molar-refractivity contribution in [1.29, 1.82) is 0 Å². The molecule has 3 saturated heterocycles. The SMILES string of the molecule is CC(C)(C)OC(=O)N1CCC2(CCN(C(=O)N3CCC[C@H](NC(=O)C45CC6CC(C4)C(O)C(C6)C5)C3)CC2)C1. The lowest BCUT2D eigenvalue weighted by Gasteiger charge is -2.58. The molecule has 0 radical (unpaired) electrons. The number of aliphatic hydroxyl groups excluding tert-OH is 1. The van der Waals surface area contributed by atoms with Crippen molar-refractivity contribution in [3.8, 4) is 0 Å². The van der Waals surface area contributed by atoms with Crippen LogP contribution in [0, 0.1) is 28.6 Å². The Kier molecular flexibility index (Phi) is 6.83. The fraction of sp³-hybridized carbons (Fsp3) is 0.900. The lowest BCUT2D eigenvalue weighted by Crippen LogP contribution is -2.61. The van der Waals surface area contributed by atoms with Crippen LogP contribution < -0.4 is 5.32 Å². The lowest BCUT2D eigenvalue weighted by molar-refractivity contribution is -0.164. The fourth-order valence-corrected chi connectivity index (χ4v) is 9.08. The highest BCUT2D eigenvalue weighted by molar-refractivity contribution is 5.83. The average Bonchev–Trinajstić information content (AvgIpc) is 3.29. The number of rotatable bonds is 2. The predicted octanol–water partition coefficient (Wildman–Crippen LogP) is 3.60. The second kappa shape index (κ2) is 9.81. The van der Waals surface area contributed by atoms with Crippen molar-refractivity contribution in [3.05, 3.63) is 0 Å². The Balaban J connectivity index is 0.999. The van der Waals surface area contributed by atoms with E-state index in [-0.39, 0.29) is 52.8 Å². The van der Waals surface area contributed by atoms with E-state index in [2.05, 4.69) is 5.32 Å². The van der Waals surface area contributed by atoms with Crippen LogP contribution in [0.3, 0.4) is 0 Å².